The van der Waals surface area contributed by atoms with Crippen LogP contribution in [0.4, 0.5) is 0 Å². The van der Waals surface area contributed by atoms with Gasteiger partial charge in [0.15, 0.2) is 5.96 Å². The molecule has 2 rings (SSSR count). The fraction of sp³-hybridized carbons (Fsp3) is 0.444. The van der Waals surface area contributed by atoms with Gasteiger partial charge in [0.1, 0.15) is 0 Å². The summed E-state index contributed by atoms with van der Waals surface area (Å²) in [5.74, 6) is 0.867. The highest BCUT2D eigenvalue weighted by atomic mass is 32.2. The minimum Gasteiger partial charge on any atom is -0.356 e. The zero-order valence-electron chi connectivity index (χ0n) is 14.6. The van der Waals surface area contributed by atoms with Crippen molar-refractivity contribution >= 4 is 29.1 Å². The normalized spacial score (nSPS) is 12.9. The Hall–Kier alpha value is -1.53. The highest BCUT2D eigenvalue weighted by Crippen LogP contribution is 2.21. The Balaban J connectivity index is 1.63. The summed E-state index contributed by atoms with van der Waals surface area (Å²) >= 11 is 3.61. The summed E-state index contributed by atoms with van der Waals surface area (Å²) < 4.78 is 0. The molecule has 0 radical (unpaired) electrons. The maximum Gasteiger partial charge on any atom is 0.191 e. The Morgan fingerprint density at radius 1 is 1.29 bits per heavy atom. The van der Waals surface area contributed by atoms with Crippen LogP contribution in [0.3, 0.4) is 0 Å². The van der Waals surface area contributed by atoms with Crippen molar-refractivity contribution in [3.63, 3.8) is 0 Å². The van der Waals surface area contributed by atoms with Crippen LogP contribution in [0.1, 0.15) is 24.0 Å². The molecule has 1 aromatic carbocycles. The van der Waals surface area contributed by atoms with Crippen molar-refractivity contribution in [1.82, 2.24) is 15.6 Å². The van der Waals surface area contributed by atoms with Gasteiger partial charge in [-0.15, -0.1) is 23.1 Å². The molecule has 0 spiro atoms. The van der Waals surface area contributed by atoms with E-state index in [1.807, 2.05) is 31.8 Å². The molecule has 1 heterocycles. The lowest BCUT2D eigenvalue weighted by Gasteiger charge is -2.15. The fourth-order valence-electron chi connectivity index (χ4n) is 2.20. The lowest BCUT2D eigenvalue weighted by Crippen LogP contribution is -2.40. The molecule has 1 aromatic heterocycles. The van der Waals surface area contributed by atoms with Crippen molar-refractivity contribution in [2.75, 3.05) is 20.1 Å². The molecular weight excluding hydrogens is 336 g/mol. The van der Waals surface area contributed by atoms with Gasteiger partial charge >= 0.3 is 0 Å². The number of thioether (sulfide) groups is 1. The second-order valence-electron chi connectivity index (χ2n) is 5.61. The number of rotatable bonds is 8. The Morgan fingerprint density at radius 2 is 2.08 bits per heavy atom. The summed E-state index contributed by atoms with van der Waals surface area (Å²) in [5, 5.41) is 10.6. The van der Waals surface area contributed by atoms with Gasteiger partial charge in [0.2, 0.25) is 0 Å². The second kappa shape index (κ2) is 10.4. The summed E-state index contributed by atoms with van der Waals surface area (Å²) in [6, 6.07) is 10.5. The molecule has 0 aliphatic heterocycles. The molecule has 1 unspecified atom stereocenters. The molecule has 1 atom stereocenters. The first-order chi connectivity index (χ1) is 11.7. The maximum atomic E-state index is 4.49. The van der Waals surface area contributed by atoms with Gasteiger partial charge in [-0.25, -0.2) is 4.98 Å². The van der Waals surface area contributed by atoms with E-state index in [0.29, 0.717) is 5.25 Å². The Morgan fingerprint density at radius 3 is 2.75 bits per heavy atom. The number of aryl methyl sites for hydroxylation is 2. The summed E-state index contributed by atoms with van der Waals surface area (Å²) in [6.45, 7) is 6.05. The molecule has 24 heavy (non-hydrogen) atoms. The molecule has 0 amide bonds. The van der Waals surface area contributed by atoms with Crippen LogP contribution in [0.5, 0.6) is 0 Å². The van der Waals surface area contributed by atoms with Crippen molar-refractivity contribution in [2.45, 2.75) is 36.8 Å². The third kappa shape index (κ3) is 6.93. The van der Waals surface area contributed by atoms with E-state index in [1.54, 1.807) is 11.3 Å². The molecule has 0 aliphatic rings. The van der Waals surface area contributed by atoms with Crippen LogP contribution in [0.25, 0.3) is 0 Å². The number of nitrogens with one attached hydrogen (secondary N) is 2. The van der Waals surface area contributed by atoms with E-state index in [9.17, 15) is 0 Å². The number of aromatic nitrogens is 1. The van der Waals surface area contributed by atoms with Crippen molar-refractivity contribution in [2.24, 2.45) is 4.99 Å². The predicted octanol–water partition coefficient (Wildman–Crippen LogP) is 3.73. The third-order valence-electron chi connectivity index (χ3n) is 3.39. The molecule has 2 N–H and O–H groups in total. The highest BCUT2D eigenvalue weighted by molar-refractivity contribution is 8.00. The van der Waals surface area contributed by atoms with Crippen molar-refractivity contribution in [3.05, 3.63) is 46.4 Å². The molecule has 4 nitrogen and oxygen atoms in total. The minimum absolute atomic E-state index is 0.476. The lowest BCUT2D eigenvalue weighted by molar-refractivity contribution is 0.735. The topological polar surface area (TPSA) is 49.3 Å². The van der Waals surface area contributed by atoms with E-state index in [-0.39, 0.29) is 0 Å². The van der Waals surface area contributed by atoms with E-state index in [1.165, 1.54) is 9.90 Å². The van der Waals surface area contributed by atoms with E-state index in [2.05, 4.69) is 57.2 Å². The fourth-order valence-corrected chi connectivity index (χ4v) is 3.96. The van der Waals surface area contributed by atoms with Crippen LogP contribution in [-0.2, 0) is 6.42 Å². The van der Waals surface area contributed by atoms with Crippen molar-refractivity contribution in [1.29, 1.82) is 0 Å². The number of hydrogen-bond acceptors (Lipinski definition) is 4. The van der Waals surface area contributed by atoms with Crippen LogP contribution in [0.2, 0.25) is 0 Å². The van der Waals surface area contributed by atoms with Gasteiger partial charge in [-0.1, -0.05) is 25.1 Å². The SMILES string of the molecule is CN=C(NCCCc1nc(C)cs1)NCC(C)Sc1ccccc1. The zero-order chi connectivity index (χ0) is 17.2. The van der Waals surface area contributed by atoms with Gasteiger partial charge in [-0.2, -0.15) is 0 Å². The molecule has 0 saturated carbocycles. The first-order valence-corrected chi connectivity index (χ1v) is 10.0. The average Bonchev–Trinajstić information content (AvgIpc) is 3.00. The van der Waals surface area contributed by atoms with Crippen LogP contribution in [0.15, 0.2) is 45.6 Å². The number of nitrogens with zero attached hydrogens (tertiary/aromatic N) is 2. The number of aliphatic imine (C=N–C) groups is 1. The van der Waals surface area contributed by atoms with Gasteiger partial charge in [0.25, 0.3) is 0 Å². The lowest BCUT2D eigenvalue weighted by atomic mass is 10.3. The molecule has 6 heteroatoms. The Bertz CT molecular complexity index is 625. The third-order valence-corrected chi connectivity index (χ3v) is 5.53. The molecule has 2 aromatic rings. The summed E-state index contributed by atoms with van der Waals surface area (Å²) in [7, 11) is 1.81. The van der Waals surface area contributed by atoms with Crippen LogP contribution in [-0.4, -0.2) is 36.3 Å². The van der Waals surface area contributed by atoms with Gasteiger partial charge in [0.05, 0.1) is 5.01 Å². The highest BCUT2D eigenvalue weighted by Gasteiger charge is 2.06. The van der Waals surface area contributed by atoms with Gasteiger partial charge in [0, 0.05) is 47.8 Å². The standard InChI is InChI=1S/C18H26N4S2/c1-14-13-23-17(22-14)10-7-11-20-18(19-3)21-12-15(2)24-16-8-5-4-6-9-16/h4-6,8-9,13,15H,7,10-12H2,1-3H3,(H2,19,20,21). The largest absolute Gasteiger partial charge is 0.356 e. The molecular formula is C18H26N4S2. The van der Waals surface area contributed by atoms with Crippen molar-refractivity contribution in [3.8, 4) is 0 Å². The van der Waals surface area contributed by atoms with Gasteiger partial charge in [-0.3, -0.25) is 4.99 Å². The smallest absolute Gasteiger partial charge is 0.191 e. The maximum absolute atomic E-state index is 4.49. The van der Waals surface area contributed by atoms with E-state index >= 15 is 0 Å². The molecule has 0 fully saturated rings. The monoisotopic (exact) mass is 362 g/mol. The quantitative estimate of drug-likeness (QED) is 0.325. The van der Waals surface area contributed by atoms with E-state index < -0.39 is 0 Å². The minimum atomic E-state index is 0.476. The summed E-state index contributed by atoms with van der Waals surface area (Å²) in [5.41, 5.74) is 1.12. The van der Waals surface area contributed by atoms with E-state index in [4.69, 9.17) is 0 Å². The number of benzene rings is 1. The molecule has 0 aliphatic carbocycles. The van der Waals surface area contributed by atoms with Gasteiger partial charge < -0.3 is 10.6 Å². The Kier molecular flexibility index (Phi) is 8.12. The number of hydrogen-bond donors (Lipinski definition) is 2. The van der Waals surface area contributed by atoms with Crippen LogP contribution < -0.4 is 10.6 Å². The summed E-state index contributed by atoms with van der Waals surface area (Å²) in [6.07, 6.45) is 2.07. The first kappa shape index (κ1) is 18.8. The first-order valence-electron chi connectivity index (χ1n) is 8.24. The zero-order valence-corrected chi connectivity index (χ0v) is 16.2. The molecule has 130 valence electrons. The Labute approximate surface area is 153 Å². The summed E-state index contributed by atoms with van der Waals surface area (Å²) in [4.78, 5) is 10.1. The van der Waals surface area contributed by atoms with Crippen LogP contribution in [0, 0.1) is 6.92 Å². The predicted molar refractivity (Wildman–Crippen MR) is 106 cm³/mol. The molecule has 0 bridgehead atoms. The molecule has 0 saturated heterocycles. The van der Waals surface area contributed by atoms with Gasteiger partial charge in [-0.05, 0) is 25.5 Å². The second-order valence-corrected chi connectivity index (χ2v) is 8.06. The number of thiazole rings is 1. The average molecular weight is 363 g/mol. The van der Waals surface area contributed by atoms with Crippen molar-refractivity contribution < 1.29 is 0 Å². The van der Waals surface area contributed by atoms with Crippen LogP contribution >= 0.6 is 23.1 Å². The van der Waals surface area contributed by atoms with E-state index in [0.717, 1.165) is 37.6 Å². The number of guanidine groups is 1.